The van der Waals surface area contributed by atoms with Gasteiger partial charge in [0.2, 0.25) is 11.8 Å². The Labute approximate surface area is 174 Å². The van der Waals surface area contributed by atoms with E-state index < -0.39 is 23.4 Å². The molecule has 0 aliphatic rings. The van der Waals surface area contributed by atoms with E-state index in [-0.39, 0.29) is 17.7 Å². The Hall–Kier alpha value is -3.37. The topological polar surface area (TPSA) is 126 Å². The number of carbonyl (C=O) groups excluding carboxylic acids is 2. The minimum atomic E-state index is -1.02. The van der Waals surface area contributed by atoms with Crippen LogP contribution in [0, 0.1) is 0 Å². The maximum Gasteiger partial charge on any atom is 0.427 e. The number of methoxy groups -OCH3 is 2. The van der Waals surface area contributed by atoms with Crippen molar-refractivity contribution in [2.24, 2.45) is 0 Å². The number of nitrogens with zero attached hydrogens (tertiary/aromatic N) is 4. The molecule has 0 fully saturated rings. The summed E-state index contributed by atoms with van der Waals surface area (Å²) in [5.74, 6) is -0.290. The van der Waals surface area contributed by atoms with Crippen molar-refractivity contribution in [1.29, 1.82) is 0 Å². The van der Waals surface area contributed by atoms with E-state index in [2.05, 4.69) is 15.1 Å². The third-order valence-corrected chi connectivity index (χ3v) is 3.29. The molecule has 2 aromatic rings. The average molecular weight is 422 g/mol. The molecule has 0 saturated carbocycles. The molecule has 0 radical (unpaired) electrons. The summed E-state index contributed by atoms with van der Waals surface area (Å²) in [7, 11) is 2.74. The largest absolute Gasteiger partial charge is 0.480 e. The van der Waals surface area contributed by atoms with Crippen molar-refractivity contribution in [3.05, 3.63) is 12.5 Å². The lowest BCUT2D eigenvalue weighted by Crippen LogP contribution is -2.44. The zero-order valence-electron chi connectivity index (χ0n) is 18.3. The van der Waals surface area contributed by atoms with Gasteiger partial charge in [0.15, 0.2) is 0 Å². The molecular formula is C19H26N4O7. The van der Waals surface area contributed by atoms with Crippen LogP contribution in [0.25, 0.3) is 11.1 Å². The van der Waals surface area contributed by atoms with Gasteiger partial charge in [-0.25, -0.2) is 9.59 Å². The van der Waals surface area contributed by atoms with E-state index in [0.29, 0.717) is 16.0 Å². The van der Waals surface area contributed by atoms with Gasteiger partial charge in [-0.15, -0.1) is 4.90 Å². The second-order valence-electron chi connectivity index (χ2n) is 8.13. The molecule has 2 amide bonds. The van der Waals surface area contributed by atoms with Crippen LogP contribution in [0.3, 0.4) is 0 Å². The summed E-state index contributed by atoms with van der Waals surface area (Å²) in [6, 6.07) is 0. The van der Waals surface area contributed by atoms with E-state index in [0.717, 1.165) is 0 Å². The van der Waals surface area contributed by atoms with Crippen LogP contribution < -0.4 is 14.4 Å². The fourth-order valence-electron chi connectivity index (χ4n) is 2.23. The molecule has 0 atom stereocenters. The van der Waals surface area contributed by atoms with Crippen LogP contribution in [0.1, 0.15) is 41.5 Å². The Balaban J connectivity index is 2.62. The summed E-state index contributed by atoms with van der Waals surface area (Å²) < 4.78 is 26.2. The molecule has 0 aliphatic heterocycles. The standard InChI is InChI=1S/C19H26N4O7/c1-18(2,3)29-16(24)23(17(25)30-19(4,5)6)15-21-13(26-7)12(14(22-15)27-8)11-9-20-28-10-11/h9-10H,1-8H3. The van der Waals surface area contributed by atoms with E-state index in [1.165, 1.54) is 26.7 Å². The molecule has 0 bridgehead atoms. The molecule has 2 rings (SSSR count). The molecule has 0 N–H and O–H groups in total. The Morgan fingerprint density at radius 2 is 1.37 bits per heavy atom. The summed E-state index contributed by atoms with van der Waals surface area (Å²) in [6.07, 6.45) is 0.739. The van der Waals surface area contributed by atoms with Crippen LogP contribution in [0.4, 0.5) is 15.5 Å². The number of amides is 2. The Bertz CT molecular complexity index is 846. The maximum absolute atomic E-state index is 12.8. The van der Waals surface area contributed by atoms with Crippen molar-refractivity contribution in [2.75, 3.05) is 19.1 Å². The van der Waals surface area contributed by atoms with Gasteiger partial charge in [-0.3, -0.25) is 0 Å². The number of aromatic nitrogens is 3. The SMILES string of the molecule is COc1nc(N(C(=O)OC(C)(C)C)C(=O)OC(C)(C)C)nc(OC)c1-c1cnoc1. The zero-order chi connectivity index (χ0) is 22.7. The number of imide groups is 1. The second kappa shape index (κ2) is 8.56. The maximum atomic E-state index is 12.8. The number of ether oxygens (including phenoxy) is 4. The predicted octanol–water partition coefficient (Wildman–Crippen LogP) is 3.83. The smallest absolute Gasteiger partial charge is 0.427 e. The van der Waals surface area contributed by atoms with Crippen molar-refractivity contribution < 1.29 is 33.1 Å². The van der Waals surface area contributed by atoms with E-state index >= 15 is 0 Å². The van der Waals surface area contributed by atoms with Crippen molar-refractivity contribution in [2.45, 2.75) is 52.7 Å². The van der Waals surface area contributed by atoms with Gasteiger partial charge in [0.25, 0.3) is 5.95 Å². The Morgan fingerprint density at radius 3 is 1.70 bits per heavy atom. The summed E-state index contributed by atoms with van der Waals surface area (Å²) in [5.41, 5.74) is -0.948. The van der Waals surface area contributed by atoms with E-state index in [1.807, 2.05) is 0 Å². The van der Waals surface area contributed by atoms with Crippen molar-refractivity contribution in [3.63, 3.8) is 0 Å². The highest BCUT2D eigenvalue weighted by atomic mass is 16.6. The van der Waals surface area contributed by atoms with E-state index in [4.69, 9.17) is 23.5 Å². The summed E-state index contributed by atoms with van der Waals surface area (Å²) in [5, 5.41) is 3.64. The molecule has 30 heavy (non-hydrogen) atoms. The number of hydrogen-bond acceptors (Lipinski definition) is 10. The van der Waals surface area contributed by atoms with Crippen molar-refractivity contribution >= 4 is 18.1 Å². The molecule has 11 nitrogen and oxygen atoms in total. The van der Waals surface area contributed by atoms with Gasteiger partial charge in [0.1, 0.15) is 23.0 Å². The number of rotatable bonds is 4. The van der Waals surface area contributed by atoms with Gasteiger partial charge in [0.05, 0.1) is 26.0 Å². The molecule has 164 valence electrons. The minimum Gasteiger partial charge on any atom is -0.480 e. The quantitative estimate of drug-likeness (QED) is 0.717. The molecule has 2 heterocycles. The normalized spacial score (nSPS) is 11.6. The summed E-state index contributed by atoms with van der Waals surface area (Å²) in [4.78, 5) is 34.6. The predicted molar refractivity (Wildman–Crippen MR) is 106 cm³/mol. The van der Waals surface area contributed by atoms with Gasteiger partial charge in [-0.05, 0) is 41.5 Å². The van der Waals surface area contributed by atoms with Crippen LogP contribution in [-0.2, 0) is 9.47 Å². The molecule has 11 heteroatoms. The summed E-state index contributed by atoms with van der Waals surface area (Å²) >= 11 is 0. The van der Waals surface area contributed by atoms with Gasteiger partial charge < -0.3 is 23.5 Å². The zero-order valence-corrected chi connectivity index (χ0v) is 18.3. The lowest BCUT2D eigenvalue weighted by Gasteiger charge is -2.27. The van der Waals surface area contributed by atoms with Crippen LogP contribution in [0.15, 0.2) is 17.0 Å². The first-order chi connectivity index (χ1) is 13.9. The fraction of sp³-hybridized carbons (Fsp3) is 0.526. The van der Waals surface area contributed by atoms with E-state index in [9.17, 15) is 9.59 Å². The number of carbonyl (C=O) groups is 2. The van der Waals surface area contributed by atoms with Gasteiger partial charge in [-0.1, -0.05) is 5.16 Å². The van der Waals surface area contributed by atoms with Crippen LogP contribution in [0.5, 0.6) is 11.8 Å². The van der Waals surface area contributed by atoms with Crippen LogP contribution in [-0.4, -0.2) is 52.7 Å². The van der Waals surface area contributed by atoms with E-state index in [1.54, 1.807) is 41.5 Å². The molecule has 2 aromatic heterocycles. The third kappa shape index (κ3) is 5.58. The third-order valence-electron chi connectivity index (χ3n) is 3.29. The monoisotopic (exact) mass is 422 g/mol. The Morgan fingerprint density at radius 1 is 0.900 bits per heavy atom. The molecule has 0 aromatic carbocycles. The summed E-state index contributed by atoms with van der Waals surface area (Å²) in [6.45, 7) is 9.97. The lowest BCUT2D eigenvalue weighted by atomic mass is 10.2. The van der Waals surface area contributed by atoms with Crippen LogP contribution in [0.2, 0.25) is 0 Å². The second-order valence-corrected chi connectivity index (χ2v) is 8.13. The van der Waals surface area contributed by atoms with Gasteiger partial charge >= 0.3 is 12.2 Å². The first-order valence-electron chi connectivity index (χ1n) is 9.02. The molecule has 0 saturated heterocycles. The van der Waals surface area contributed by atoms with Crippen molar-refractivity contribution in [1.82, 2.24) is 15.1 Å². The first-order valence-corrected chi connectivity index (χ1v) is 9.02. The Kier molecular flexibility index (Phi) is 6.53. The molecule has 0 spiro atoms. The van der Waals surface area contributed by atoms with Crippen LogP contribution >= 0.6 is 0 Å². The highest BCUT2D eigenvalue weighted by Gasteiger charge is 2.36. The minimum absolute atomic E-state index is 0.0252. The number of anilines is 1. The fourth-order valence-corrected chi connectivity index (χ4v) is 2.23. The highest BCUT2D eigenvalue weighted by Crippen LogP contribution is 2.37. The van der Waals surface area contributed by atoms with Gasteiger partial charge in [-0.2, -0.15) is 9.97 Å². The molecular weight excluding hydrogens is 396 g/mol. The average Bonchev–Trinajstić information content (AvgIpc) is 3.11. The molecule has 0 aliphatic carbocycles. The van der Waals surface area contributed by atoms with Gasteiger partial charge in [0, 0.05) is 0 Å². The van der Waals surface area contributed by atoms with Crippen molar-refractivity contribution in [3.8, 4) is 22.9 Å². The molecule has 0 unspecified atom stereocenters. The lowest BCUT2D eigenvalue weighted by molar-refractivity contribution is 0.0427. The first kappa shape index (κ1) is 22.9. The highest BCUT2D eigenvalue weighted by molar-refractivity contribution is 6.08. The number of hydrogen-bond donors (Lipinski definition) is 0.